The molecule has 0 bridgehead atoms. The van der Waals surface area contributed by atoms with Crippen LogP contribution in [0.3, 0.4) is 0 Å². The molecule has 0 aromatic rings. The molecule has 4 heteroatoms. The van der Waals surface area contributed by atoms with Gasteiger partial charge in [0.15, 0.2) is 0 Å². The Bertz CT molecular complexity index is 605. The minimum atomic E-state index is -0.336. The summed E-state index contributed by atoms with van der Waals surface area (Å²) in [6.45, 7) is 7.16. The van der Waals surface area contributed by atoms with E-state index in [1.807, 2.05) is 0 Å². The monoisotopic (exact) mass is 392 g/mol. The second-order valence-electron chi connectivity index (χ2n) is 11.2. The van der Waals surface area contributed by atoms with Crippen LogP contribution in [0.1, 0.15) is 78.6 Å². The largest absolute Gasteiger partial charge is 0.396 e. The van der Waals surface area contributed by atoms with Gasteiger partial charge in [-0.3, -0.25) is 4.79 Å². The molecule has 4 nitrogen and oxygen atoms in total. The van der Waals surface area contributed by atoms with E-state index in [-0.39, 0.29) is 41.5 Å². The molecular weight excluding hydrogens is 352 g/mol. The maximum atomic E-state index is 12.1. The molecule has 3 N–H and O–H groups in total. The molecule has 4 saturated carbocycles. The van der Waals surface area contributed by atoms with Gasteiger partial charge in [0.25, 0.3) is 0 Å². The third-order valence-corrected chi connectivity index (χ3v) is 10.2. The van der Waals surface area contributed by atoms with Crippen LogP contribution in [-0.4, -0.2) is 39.9 Å². The number of fused-ring (bicyclic) bond motifs is 5. The third-order valence-electron chi connectivity index (χ3n) is 10.2. The van der Waals surface area contributed by atoms with Crippen molar-refractivity contribution in [2.24, 2.45) is 46.3 Å². The topological polar surface area (TPSA) is 77.8 Å². The third kappa shape index (κ3) is 2.93. The van der Waals surface area contributed by atoms with Gasteiger partial charge in [-0.1, -0.05) is 20.8 Å². The van der Waals surface area contributed by atoms with Crippen molar-refractivity contribution in [3.05, 3.63) is 0 Å². The van der Waals surface area contributed by atoms with Gasteiger partial charge in [0.2, 0.25) is 0 Å². The molecule has 28 heavy (non-hydrogen) atoms. The zero-order valence-corrected chi connectivity index (χ0v) is 17.9. The van der Waals surface area contributed by atoms with E-state index in [4.69, 9.17) is 0 Å². The molecule has 0 heterocycles. The predicted octanol–water partition coefficient (Wildman–Crippen LogP) is 3.56. The molecule has 0 radical (unpaired) electrons. The molecule has 0 saturated heterocycles. The molecule has 4 rings (SSSR count). The van der Waals surface area contributed by atoms with Crippen molar-refractivity contribution >= 4 is 5.78 Å². The van der Waals surface area contributed by atoms with E-state index in [2.05, 4.69) is 20.8 Å². The van der Waals surface area contributed by atoms with Crippen molar-refractivity contribution < 1.29 is 20.1 Å². The Labute approximate surface area is 170 Å². The highest BCUT2D eigenvalue weighted by molar-refractivity contribution is 5.79. The second kappa shape index (κ2) is 7.35. The van der Waals surface area contributed by atoms with Crippen LogP contribution in [0.2, 0.25) is 0 Å². The Morgan fingerprint density at radius 3 is 2.61 bits per heavy atom. The molecule has 7 unspecified atom stereocenters. The van der Waals surface area contributed by atoms with E-state index in [9.17, 15) is 20.1 Å². The highest BCUT2D eigenvalue weighted by Crippen LogP contribution is 2.68. The number of carbonyl (C=O) groups excluding carboxylic acids is 1. The van der Waals surface area contributed by atoms with Crippen LogP contribution in [0, 0.1) is 46.3 Å². The quantitative estimate of drug-likeness (QED) is 0.683. The van der Waals surface area contributed by atoms with Crippen LogP contribution < -0.4 is 0 Å². The van der Waals surface area contributed by atoms with Crippen molar-refractivity contribution in [3.63, 3.8) is 0 Å². The van der Waals surface area contributed by atoms with Crippen molar-refractivity contribution in [2.45, 2.75) is 90.8 Å². The minimum Gasteiger partial charge on any atom is -0.396 e. The number of ketones is 1. The molecule has 4 aliphatic rings. The van der Waals surface area contributed by atoms with Crippen molar-refractivity contribution in [1.82, 2.24) is 0 Å². The highest BCUT2D eigenvalue weighted by atomic mass is 16.3. The first kappa shape index (κ1) is 20.8. The second-order valence-corrected chi connectivity index (χ2v) is 11.2. The Kier molecular flexibility index (Phi) is 5.46. The Morgan fingerprint density at radius 1 is 1.14 bits per heavy atom. The van der Waals surface area contributed by atoms with Gasteiger partial charge >= 0.3 is 0 Å². The van der Waals surface area contributed by atoms with Gasteiger partial charge in [-0.2, -0.15) is 0 Å². The molecule has 0 spiro atoms. The summed E-state index contributed by atoms with van der Waals surface area (Å²) in [7, 11) is 0. The van der Waals surface area contributed by atoms with Crippen molar-refractivity contribution in [3.8, 4) is 0 Å². The van der Waals surface area contributed by atoms with Gasteiger partial charge in [-0.05, 0) is 91.3 Å². The van der Waals surface area contributed by atoms with Crippen LogP contribution in [-0.2, 0) is 4.79 Å². The van der Waals surface area contributed by atoms with Gasteiger partial charge in [0.05, 0.1) is 12.2 Å². The van der Waals surface area contributed by atoms with Crippen LogP contribution >= 0.6 is 0 Å². The lowest BCUT2D eigenvalue weighted by Crippen LogP contribution is -2.62. The fourth-order valence-corrected chi connectivity index (χ4v) is 8.56. The highest BCUT2D eigenvalue weighted by Gasteiger charge is 2.65. The lowest BCUT2D eigenvalue weighted by Gasteiger charge is -2.63. The van der Waals surface area contributed by atoms with Gasteiger partial charge in [-0.25, -0.2) is 0 Å². The van der Waals surface area contributed by atoms with Crippen molar-refractivity contribution in [1.29, 1.82) is 0 Å². The van der Waals surface area contributed by atoms with Crippen LogP contribution in [0.4, 0.5) is 0 Å². The predicted molar refractivity (Wildman–Crippen MR) is 108 cm³/mol. The number of hydrogen-bond acceptors (Lipinski definition) is 4. The maximum absolute atomic E-state index is 12.1. The van der Waals surface area contributed by atoms with Gasteiger partial charge in [-0.15, -0.1) is 0 Å². The van der Waals surface area contributed by atoms with E-state index >= 15 is 0 Å². The number of aliphatic hydroxyl groups is 3. The average molecular weight is 393 g/mol. The lowest BCUT2D eigenvalue weighted by atomic mass is 9.43. The van der Waals surface area contributed by atoms with Gasteiger partial charge in [0.1, 0.15) is 5.78 Å². The van der Waals surface area contributed by atoms with E-state index in [1.165, 1.54) is 0 Å². The molecule has 0 aromatic heterocycles. The van der Waals surface area contributed by atoms with Crippen LogP contribution in [0.5, 0.6) is 0 Å². The molecule has 0 aromatic carbocycles. The van der Waals surface area contributed by atoms with E-state index < -0.39 is 0 Å². The summed E-state index contributed by atoms with van der Waals surface area (Å²) in [6, 6.07) is 0. The molecule has 0 amide bonds. The molecule has 160 valence electrons. The van der Waals surface area contributed by atoms with Gasteiger partial charge < -0.3 is 15.3 Å². The van der Waals surface area contributed by atoms with E-state index in [0.29, 0.717) is 42.3 Å². The fourth-order valence-electron chi connectivity index (χ4n) is 8.56. The number of rotatable bonds is 4. The Hall–Kier alpha value is -0.450. The first-order chi connectivity index (χ1) is 13.2. The first-order valence-corrected chi connectivity index (χ1v) is 11.7. The molecule has 4 aliphatic carbocycles. The first-order valence-electron chi connectivity index (χ1n) is 11.7. The summed E-state index contributed by atoms with van der Waals surface area (Å²) < 4.78 is 0. The van der Waals surface area contributed by atoms with Crippen LogP contribution in [0.15, 0.2) is 0 Å². The number of Topliss-reactive ketones (excluding diaryl/α,β-unsaturated/α-hetero) is 1. The molecule has 4 fully saturated rings. The van der Waals surface area contributed by atoms with Gasteiger partial charge in [0, 0.05) is 19.4 Å². The summed E-state index contributed by atoms with van der Waals surface area (Å²) in [4.78, 5) is 12.1. The smallest absolute Gasteiger partial charge is 0.133 e. The maximum Gasteiger partial charge on any atom is 0.133 e. The molecule has 10 atom stereocenters. The minimum absolute atomic E-state index is 0.0840. The fraction of sp³-hybridized carbons (Fsp3) is 0.958. The Morgan fingerprint density at radius 2 is 1.89 bits per heavy atom. The zero-order chi connectivity index (χ0) is 20.3. The Balaban J connectivity index is 1.63. The lowest BCUT2D eigenvalue weighted by molar-refractivity contribution is -0.201. The zero-order valence-electron chi connectivity index (χ0n) is 17.9. The SMILES string of the molecule is CC(CCCO)C1CCC2C3C(C[C@H](O)C12C)C1(C)CCC(=O)C[C@@H]1C[C@H]3O. The summed E-state index contributed by atoms with van der Waals surface area (Å²) in [5.74, 6) is 2.55. The van der Waals surface area contributed by atoms with E-state index in [0.717, 1.165) is 44.9 Å². The standard InChI is InChI=1S/C24H40O4/c1-14(5-4-10-25)17-6-7-18-22-19(13-21(28)24(17,18)3)23(2)9-8-16(26)11-15(23)12-20(22)27/h14-15,17-22,25,27-28H,4-13H2,1-3H3/t14?,15-,17?,18?,19?,20-,21+,22?,23?,24?/m1/s1. The summed E-state index contributed by atoms with van der Waals surface area (Å²) >= 11 is 0. The molecular formula is C24H40O4. The normalized spacial score (nSPS) is 51.9. The van der Waals surface area contributed by atoms with Crippen LogP contribution in [0.25, 0.3) is 0 Å². The molecule has 0 aliphatic heterocycles. The summed E-state index contributed by atoms with van der Waals surface area (Å²) in [5, 5.41) is 31.9. The number of aliphatic hydroxyl groups excluding tert-OH is 3. The summed E-state index contributed by atoms with van der Waals surface area (Å²) in [5.41, 5.74) is -0.0502. The summed E-state index contributed by atoms with van der Waals surface area (Å²) in [6.07, 6.45) is 7.15. The average Bonchev–Trinajstić information content (AvgIpc) is 3.01. The van der Waals surface area contributed by atoms with Crippen molar-refractivity contribution in [2.75, 3.05) is 6.61 Å². The number of carbonyl (C=O) groups is 1. The van der Waals surface area contributed by atoms with E-state index in [1.54, 1.807) is 0 Å². The number of hydrogen-bond donors (Lipinski definition) is 3.